The summed E-state index contributed by atoms with van der Waals surface area (Å²) in [5.41, 5.74) is 13.4. The Hall–Kier alpha value is -2.57. The molecule has 6 N–H and O–H groups in total. The van der Waals surface area contributed by atoms with Crippen LogP contribution in [-0.4, -0.2) is 31.3 Å². The lowest BCUT2D eigenvalue weighted by molar-refractivity contribution is 0.243. The molecule has 0 spiro atoms. The maximum absolute atomic E-state index is 10.9. The smallest absolute Gasteiger partial charge is 0.314 e. The van der Waals surface area contributed by atoms with Crippen molar-refractivity contribution in [1.29, 1.82) is 0 Å². The monoisotopic (exact) mass is 276 g/mol. The minimum atomic E-state index is -0.263. The van der Waals surface area contributed by atoms with Crippen LogP contribution in [0.3, 0.4) is 0 Å². The van der Waals surface area contributed by atoms with Gasteiger partial charge < -0.3 is 22.1 Å². The van der Waals surface area contributed by atoms with Crippen LogP contribution in [-0.2, 0) is 0 Å². The average Bonchev–Trinajstić information content (AvgIpc) is 2.45. The maximum Gasteiger partial charge on any atom is 0.314 e. The summed E-state index contributed by atoms with van der Waals surface area (Å²) < 4.78 is 0. The molecule has 7 heteroatoms. The van der Waals surface area contributed by atoms with Crippen molar-refractivity contribution in [3.8, 4) is 0 Å². The van der Waals surface area contributed by atoms with Crippen molar-refractivity contribution in [3.63, 3.8) is 0 Å². The fourth-order valence-electron chi connectivity index (χ4n) is 1.34. The van der Waals surface area contributed by atoms with E-state index in [1.54, 1.807) is 7.05 Å². The summed E-state index contributed by atoms with van der Waals surface area (Å²) in [5.74, 6) is 0.601. The minimum absolute atomic E-state index is 0.263. The predicted octanol–water partition coefficient (Wildman–Crippen LogP) is 0.292. The first-order valence-electron chi connectivity index (χ1n) is 6.21. The zero-order chi connectivity index (χ0) is 15.0. The second-order valence-electron chi connectivity index (χ2n) is 4.20. The van der Waals surface area contributed by atoms with Gasteiger partial charge in [-0.05, 0) is 6.92 Å². The van der Waals surface area contributed by atoms with Crippen LogP contribution in [0.5, 0.6) is 0 Å². The summed E-state index contributed by atoms with van der Waals surface area (Å²) in [6, 6.07) is 7.36. The molecule has 0 fully saturated rings. The van der Waals surface area contributed by atoms with Gasteiger partial charge in [0.15, 0.2) is 5.84 Å². The van der Waals surface area contributed by atoms with E-state index in [0.29, 0.717) is 24.6 Å². The maximum atomic E-state index is 10.9. The molecule has 0 atom stereocenters. The zero-order valence-electron chi connectivity index (χ0n) is 11.7. The third-order valence-corrected chi connectivity index (χ3v) is 2.53. The van der Waals surface area contributed by atoms with Gasteiger partial charge in [-0.1, -0.05) is 29.8 Å². The van der Waals surface area contributed by atoms with Crippen LogP contribution in [0.1, 0.15) is 17.5 Å². The first-order valence-corrected chi connectivity index (χ1v) is 6.21. The number of aryl methyl sites for hydroxylation is 1. The summed E-state index contributed by atoms with van der Waals surface area (Å²) in [5, 5.41) is 12.7. The molecule has 0 aliphatic heterocycles. The lowest BCUT2D eigenvalue weighted by atomic mass is 10.1. The fourth-order valence-corrected chi connectivity index (χ4v) is 1.34. The minimum Gasteiger partial charge on any atom is -0.386 e. The van der Waals surface area contributed by atoms with Gasteiger partial charge in [-0.3, -0.25) is 0 Å². The highest BCUT2D eigenvalue weighted by molar-refractivity contribution is 5.97. The number of nitrogens with one attached hydrogen (secondary N) is 2. The van der Waals surface area contributed by atoms with E-state index in [-0.39, 0.29) is 6.03 Å². The molecule has 0 saturated carbocycles. The molecule has 0 aliphatic rings. The van der Waals surface area contributed by atoms with Crippen LogP contribution in [0.2, 0.25) is 0 Å². The molecule has 0 heterocycles. The Labute approximate surface area is 118 Å². The normalized spacial score (nSPS) is 12.1. The Morgan fingerprint density at radius 3 is 2.45 bits per heavy atom. The van der Waals surface area contributed by atoms with Gasteiger partial charge >= 0.3 is 6.03 Å². The number of benzene rings is 1. The van der Waals surface area contributed by atoms with Crippen molar-refractivity contribution in [2.24, 2.45) is 21.7 Å². The first kappa shape index (κ1) is 15.5. The summed E-state index contributed by atoms with van der Waals surface area (Å²) in [7, 11) is 1.54. The van der Waals surface area contributed by atoms with Crippen LogP contribution in [0, 0.1) is 6.92 Å². The first-order chi connectivity index (χ1) is 9.52. The third-order valence-electron chi connectivity index (χ3n) is 2.53. The number of hydrogen-bond acceptors (Lipinski definition) is 3. The summed E-state index contributed by atoms with van der Waals surface area (Å²) in [6.45, 7) is 2.38. The van der Waals surface area contributed by atoms with Gasteiger partial charge in [0.2, 0.25) is 0 Å². The van der Waals surface area contributed by atoms with Gasteiger partial charge in [0.05, 0.1) is 0 Å². The number of urea groups is 1. The number of amidine groups is 2. The van der Waals surface area contributed by atoms with Crippen molar-refractivity contribution in [2.75, 3.05) is 13.6 Å². The Bertz CT molecular complexity index is 506. The predicted molar refractivity (Wildman–Crippen MR) is 80.6 cm³/mol. The molecule has 0 radical (unpaired) electrons. The molecule has 0 saturated heterocycles. The largest absolute Gasteiger partial charge is 0.386 e. The van der Waals surface area contributed by atoms with E-state index >= 15 is 0 Å². The highest BCUT2D eigenvalue weighted by atomic mass is 16.2. The van der Waals surface area contributed by atoms with Crippen molar-refractivity contribution in [1.82, 2.24) is 10.6 Å². The van der Waals surface area contributed by atoms with E-state index in [1.807, 2.05) is 31.2 Å². The van der Waals surface area contributed by atoms with Gasteiger partial charge in [-0.25, -0.2) is 4.79 Å². The lowest BCUT2D eigenvalue weighted by Gasteiger charge is -2.03. The van der Waals surface area contributed by atoms with Gasteiger partial charge in [0, 0.05) is 25.6 Å². The highest BCUT2D eigenvalue weighted by Gasteiger charge is 1.99. The van der Waals surface area contributed by atoms with Crippen LogP contribution in [0.15, 0.2) is 34.5 Å². The number of rotatable bonds is 5. The number of carbonyl (C=O) groups is 1. The fraction of sp³-hybridized carbons (Fsp3) is 0.308. The van der Waals surface area contributed by atoms with Gasteiger partial charge in [0.25, 0.3) is 0 Å². The standard InChI is InChI=1S/C13H20N6O/c1-9-3-5-10(6-4-9)12(15)19-18-11(14)7-8-17-13(20)16-2/h3-6H,7-8H2,1-2H3,(H2,14,18)(H2,15,19)(H2,16,17,20). The quantitative estimate of drug-likeness (QED) is 0.351. The topological polar surface area (TPSA) is 118 Å². The van der Waals surface area contributed by atoms with E-state index in [2.05, 4.69) is 20.8 Å². The Balaban J connectivity index is 2.53. The van der Waals surface area contributed by atoms with E-state index in [1.165, 1.54) is 0 Å². The van der Waals surface area contributed by atoms with Crippen molar-refractivity contribution >= 4 is 17.7 Å². The van der Waals surface area contributed by atoms with E-state index in [4.69, 9.17) is 11.5 Å². The van der Waals surface area contributed by atoms with E-state index < -0.39 is 0 Å². The summed E-state index contributed by atoms with van der Waals surface area (Å²) >= 11 is 0. The molecule has 0 bridgehead atoms. The number of nitrogens with zero attached hydrogens (tertiary/aromatic N) is 2. The third kappa shape index (κ3) is 5.38. The second-order valence-corrected chi connectivity index (χ2v) is 4.20. The number of nitrogens with two attached hydrogens (primary N) is 2. The number of carbonyl (C=O) groups excluding carboxylic acids is 1. The highest BCUT2D eigenvalue weighted by Crippen LogP contribution is 2.02. The van der Waals surface area contributed by atoms with E-state index in [0.717, 1.165) is 11.1 Å². The molecular formula is C13H20N6O. The molecule has 1 aromatic rings. The van der Waals surface area contributed by atoms with Crippen LogP contribution < -0.4 is 22.1 Å². The Morgan fingerprint density at radius 2 is 1.85 bits per heavy atom. The van der Waals surface area contributed by atoms with Gasteiger partial charge in [0.1, 0.15) is 5.84 Å². The molecule has 1 rings (SSSR count). The molecule has 0 aliphatic carbocycles. The molecule has 108 valence electrons. The zero-order valence-corrected chi connectivity index (χ0v) is 11.7. The van der Waals surface area contributed by atoms with Crippen LogP contribution in [0.4, 0.5) is 4.79 Å². The van der Waals surface area contributed by atoms with Crippen molar-refractivity contribution in [3.05, 3.63) is 35.4 Å². The molecule has 20 heavy (non-hydrogen) atoms. The molecule has 1 aromatic carbocycles. The molecule has 0 unspecified atom stereocenters. The molecule has 2 amide bonds. The van der Waals surface area contributed by atoms with Crippen molar-refractivity contribution < 1.29 is 4.79 Å². The van der Waals surface area contributed by atoms with Gasteiger partial charge in [-0.15, -0.1) is 10.2 Å². The molecule has 0 aromatic heterocycles. The SMILES string of the molecule is CNC(=O)NCC/C(N)=N/N=C(\N)c1ccc(C)cc1. The summed E-state index contributed by atoms with van der Waals surface area (Å²) in [4.78, 5) is 10.9. The summed E-state index contributed by atoms with van der Waals surface area (Å²) in [6.07, 6.45) is 0.401. The van der Waals surface area contributed by atoms with E-state index in [9.17, 15) is 4.79 Å². The van der Waals surface area contributed by atoms with Gasteiger partial charge in [-0.2, -0.15) is 0 Å². The molecule has 7 nitrogen and oxygen atoms in total. The molecular weight excluding hydrogens is 256 g/mol. The Morgan fingerprint density at radius 1 is 1.20 bits per heavy atom. The lowest BCUT2D eigenvalue weighted by Crippen LogP contribution is -2.34. The van der Waals surface area contributed by atoms with Crippen LogP contribution >= 0.6 is 0 Å². The van der Waals surface area contributed by atoms with Crippen LogP contribution in [0.25, 0.3) is 0 Å². The number of amides is 2. The van der Waals surface area contributed by atoms with Crippen molar-refractivity contribution in [2.45, 2.75) is 13.3 Å². The second kappa shape index (κ2) is 7.78. The Kier molecular flexibility index (Phi) is 6.02. The number of hydrogen-bond donors (Lipinski definition) is 4. The average molecular weight is 276 g/mol.